The SMILES string of the molecule is C[C@@H](C(=O)NCCC1=CCCCC1)N(C)Cc1ccc2ccccc2c1. The molecule has 3 rings (SSSR count). The van der Waals surface area contributed by atoms with Gasteiger partial charge in [0.2, 0.25) is 5.91 Å². The molecule has 0 radical (unpaired) electrons. The van der Waals surface area contributed by atoms with Crippen LogP contribution in [0.2, 0.25) is 0 Å². The normalized spacial score (nSPS) is 15.7. The van der Waals surface area contributed by atoms with Crippen molar-refractivity contribution in [3.05, 3.63) is 59.7 Å². The molecule has 0 spiro atoms. The topological polar surface area (TPSA) is 32.3 Å². The molecule has 0 aliphatic heterocycles. The van der Waals surface area contributed by atoms with Crippen LogP contribution in [0.5, 0.6) is 0 Å². The monoisotopic (exact) mass is 350 g/mol. The number of carbonyl (C=O) groups excluding carboxylic acids is 1. The quantitative estimate of drug-likeness (QED) is 0.736. The van der Waals surface area contributed by atoms with Gasteiger partial charge in [-0.2, -0.15) is 0 Å². The first-order valence-electron chi connectivity index (χ1n) is 9.77. The number of carbonyl (C=O) groups is 1. The summed E-state index contributed by atoms with van der Waals surface area (Å²) >= 11 is 0. The molecule has 1 amide bonds. The summed E-state index contributed by atoms with van der Waals surface area (Å²) in [6.45, 7) is 3.50. The first-order chi connectivity index (χ1) is 12.6. The number of rotatable bonds is 7. The first kappa shape index (κ1) is 18.7. The van der Waals surface area contributed by atoms with Crippen molar-refractivity contribution in [2.45, 2.75) is 51.6 Å². The summed E-state index contributed by atoms with van der Waals surface area (Å²) in [5, 5.41) is 5.60. The summed E-state index contributed by atoms with van der Waals surface area (Å²) in [5.74, 6) is 0.115. The van der Waals surface area contributed by atoms with Crippen LogP contribution in [0, 0.1) is 0 Å². The molecule has 3 nitrogen and oxygen atoms in total. The van der Waals surface area contributed by atoms with Gasteiger partial charge in [0.1, 0.15) is 0 Å². The molecular formula is C23H30N2O. The van der Waals surface area contributed by atoms with Crippen molar-refractivity contribution in [1.82, 2.24) is 10.2 Å². The Morgan fingerprint density at radius 3 is 2.73 bits per heavy atom. The van der Waals surface area contributed by atoms with Crippen molar-refractivity contribution in [2.75, 3.05) is 13.6 Å². The summed E-state index contributed by atoms with van der Waals surface area (Å²) in [6, 6.07) is 14.8. The van der Waals surface area contributed by atoms with E-state index < -0.39 is 0 Å². The molecule has 26 heavy (non-hydrogen) atoms. The lowest BCUT2D eigenvalue weighted by atomic mass is 9.97. The zero-order chi connectivity index (χ0) is 18.4. The Labute approximate surface area is 157 Å². The molecule has 0 saturated heterocycles. The average Bonchev–Trinajstić information content (AvgIpc) is 2.68. The molecule has 138 valence electrons. The zero-order valence-corrected chi connectivity index (χ0v) is 16.0. The van der Waals surface area contributed by atoms with Crippen LogP contribution in [-0.4, -0.2) is 30.4 Å². The van der Waals surface area contributed by atoms with E-state index in [4.69, 9.17) is 0 Å². The van der Waals surface area contributed by atoms with Crippen molar-refractivity contribution in [1.29, 1.82) is 0 Å². The molecule has 2 aromatic rings. The van der Waals surface area contributed by atoms with Crippen molar-refractivity contribution in [3.8, 4) is 0 Å². The Bertz CT molecular complexity index is 781. The fraction of sp³-hybridized carbons (Fsp3) is 0.435. The number of nitrogens with one attached hydrogen (secondary N) is 1. The molecule has 3 heteroatoms. The van der Waals surface area contributed by atoms with Gasteiger partial charge in [0.25, 0.3) is 0 Å². The molecule has 0 unspecified atom stereocenters. The largest absolute Gasteiger partial charge is 0.354 e. The second-order valence-corrected chi connectivity index (χ2v) is 7.42. The van der Waals surface area contributed by atoms with Gasteiger partial charge in [0, 0.05) is 13.1 Å². The summed E-state index contributed by atoms with van der Waals surface area (Å²) in [6.07, 6.45) is 8.36. The van der Waals surface area contributed by atoms with Gasteiger partial charge in [-0.3, -0.25) is 9.69 Å². The summed E-state index contributed by atoms with van der Waals surface area (Å²) in [7, 11) is 2.02. The second kappa shape index (κ2) is 9.00. The number of allylic oxidation sites excluding steroid dienone is 1. The Hall–Kier alpha value is -2.13. The Morgan fingerprint density at radius 1 is 1.15 bits per heavy atom. The van der Waals surface area contributed by atoms with Gasteiger partial charge in [-0.15, -0.1) is 0 Å². The highest BCUT2D eigenvalue weighted by Gasteiger charge is 2.18. The van der Waals surface area contributed by atoms with E-state index in [1.165, 1.54) is 47.6 Å². The van der Waals surface area contributed by atoms with E-state index in [0.29, 0.717) is 0 Å². The van der Waals surface area contributed by atoms with Gasteiger partial charge < -0.3 is 5.32 Å². The first-order valence-corrected chi connectivity index (χ1v) is 9.77. The fourth-order valence-electron chi connectivity index (χ4n) is 3.59. The molecule has 1 N–H and O–H groups in total. The third-order valence-corrected chi connectivity index (χ3v) is 5.42. The van der Waals surface area contributed by atoms with E-state index in [-0.39, 0.29) is 11.9 Å². The van der Waals surface area contributed by atoms with Crippen molar-refractivity contribution < 1.29 is 4.79 Å². The fourth-order valence-corrected chi connectivity index (χ4v) is 3.59. The number of amides is 1. The van der Waals surface area contributed by atoms with Gasteiger partial charge in [0.15, 0.2) is 0 Å². The molecule has 1 aliphatic carbocycles. The summed E-state index contributed by atoms with van der Waals surface area (Å²) < 4.78 is 0. The van der Waals surface area contributed by atoms with Crippen LogP contribution in [0.4, 0.5) is 0 Å². The molecule has 0 fully saturated rings. The zero-order valence-electron chi connectivity index (χ0n) is 16.0. The van der Waals surface area contributed by atoms with Crippen LogP contribution in [0.1, 0.15) is 44.6 Å². The molecule has 0 saturated carbocycles. The van der Waals surface area contributed by atoms with Crippen molar-refractivity contribution >= 4 is 16.7 Å². The van der Waals surface area contributed by atoms with E-state index in [1.807, 2.05) is 14.0 Å². The number of fused-ring (bicyclic) bond motifs is 1. The van der Waals surface area contributed by atoms with Gasteiger partial charge in [-0.1, -0.05) is 48.0 Å². The van der Waals surface area contributed by atoms with E-state index in [2.05, 4.69) is 58.8 Å². The smallest absolute Gasteiger partial charge is 0.237 e. The molecule has 2 aromatic carbocycles. The second-order valence-electron chi connectivity index (χ2n) is 7.42. The number of likely N-dealkylation sites (N-methyl/N-ethyl adjacent to an activating group) is 1. The van der Waals surface area contributed by atoms with Gasteiger partial charge in [-0.25, -0.2) is 0 Å². The maximum absolute atomic E-state index is 12.5. The maximum atomic E-state index is 12.5. The Morgan fingerprint density at radius 2 is 1.96 bits per heavy atom. The van der Waals surface area contributed by atoms with Gasteiger partial charge in [-0.05, 0) is 68.5 Å². The Kier molecular flexibility index (Phi) is 6.45. The molecule has 0 bridgehead atoms. The number of hydrogen-bond acceptors (Lipinski definition) is 2. The third-order valence-electron chi connectivity index (χ3n) is 5.42. The molecule has 1 atom stereocenters. The summed E-state index contributed by atoms with van der Waals surface area (Å²) in [5.41, 5.74) is 2.74. The van der Waals surface area contributed by atoms with Crippen LogP contribution >= 0.6 is 0 Å². The lowest BCUT2D eigenvalue weighted by Crippen LogP contribution is -2.43. The highest BCUT2D eigenvalue weighted by atomic mass is 16.2. The lowest BCUT2D eigenvalue weighted by Gasteiger charge is -2.24. The molecule has 0 aromatic heterocycles. The molecule has 0 heterocycles. The predicted octanol–water partition coefficient (Wildman–Crippen LogP) is 4.67. The van der Waals surface area contributed by atoms with Crippen LogP contribution in [-0.2, 0) is 11.3 Å². The minimum Gasteiger partial charge on any atom is -0.354 e. The van der Waals surface area contributed by atoms with Crippen LogP contribution < -0.4 is 5.32 Å². The average molecular weight is 351 g/mol. The van der Waals surface area contributed by atoms with Crippen LogP contribution in [0.3, 0.4) is 0 Å². The minimum atomic E-state index is -0.137. The van der Waals surface area contributed by atoms with Gasteiger partial charge >= 0.3 is 0 Å². The number of nitrogens with zero attached hydrogens (tertiary/aromatic N) is 1. The molecule has 1 aliphatic rings. The number of benzene rings is 2. The minimum absolute atomic E-state index is 0.115. The lowest BCUT2D eigenvalue weighted by molar-refractivity contribution is -0.125. The third kappa shape index (κ3) is 4.95. The van der Waals surface area contributed by atoms with Crippen LogP contribution in [0.25, 0.3) is 10.8 Å². The predicted molar refractivity (Wildman–Crippen MR) is 109 cm³/mol. The highest BCUT2D eigenvalue weighted by molar-refractivity contribution is 5.83. The van der Waals surface area contributed by atoms with Crippen LogP contribution in [0.15, 0.2) is 54.1 Å². The molecular weight excluding hydrogens is 320 g/mol. The van der Waals surface area contributed by atoms with E-state index in [1.54, 1.807) is 0 Å². The van der Waals surface area contributed by atoms with E-state index >= 15 is 0 Å². The van der Waals surface area contributed by atoms with Crippen molar-refractivity contribution in [3.63, 3.8) is 0 Å². The standard InChI is InChI=1S/C23H30N2O/c1-18(23(26)24-15-14-19-8-4-3-5-9-19)25(2)17-20-12-13-21-10-6-7-11-22(21)16-20/h6-8,10-13,16,18H,3-5,9,14-15,17H2,1-2H3,(H,24,26)/t18-/m0/s1. The Balaban J connectivity index is 1.50. The maximum Gasteiger partial charge on any atom is 0.237 e. The number of hydrogen-bond donors (Lipinski definition) is 1. The van der Waals surface area contributed by atoms with E-state index in [9.17, 15) is 4.79 Å². The van der Waals surface area contributed by atoms with Gasteiger partial charge in [0.05, 0.1) is 6.04 Å². The highest BCUT2D eigenvalue weighted by Crippen LogP contribution is 2.19. The van der Waals surface area contributed by atoms with E-state index in [0.717, 1.165) is 19.5 Å². The van der Waals surface area contributed by atoms with Crippen molar-refractivity contribution in [2.24, 2.45) is 0 Å². The summed E-state index contributed by atoms with van der Waals surface area (Å²) in [4.78, 5) is 14.6.